The normalized spacial score (nSPS) is 21.0. The van der Waals surface area contributed by atoms with E-state index in [1.54, 1.807) is 24.8 Å². The van der Waals surface area contributed by atoms with Crippen LogP contribution in [0.15, 0.2) is 83.2 Å². The second-order valence-electron chi connectivity index (χ2n) is 9.77. The number of benzene rings is 1. The van der Waals surface area contributed by atoms with Crippen LogP contribution in [0.1, 0.15) is 71.5 Å². The van der Waals surface area contributed by atoms with Crippen LogP contribution in [0.25, 0.3) is 0 Å². The Hall–Kier alpha value is -3.16. The van der Waals surface area contributed by atoms with E-state index in [0.717, 1.165) is 24.0 Å². The summed E-state index contributed by atoms with van der Waals surface area (Å²) in [5.74, 6) is 5.70. The lowest BCUT2D eigenvalue weighted by atomic mass is 9.90. The SMILES string of the molecule is C/C=C(F)\C=C/CN1C(=O)C(C)/C=C\C(C[C@@H](C)C(ON)c2ccccc2)=C/CN=C1CCCCC(C)=O. The maximum atomic E-state index is 13.7. The van der Waals surface area contributed by atoms with Crippen LogP contribution in [0.3, 0.4) is 0 Å². The third kappa shape index (κ3) is 10.3. The maximum Gasteiger partial charge on any atom is 0.234 e. The number of aliphatic imine (C=N–C) groups is 1. The fourth-order valence-electron chi connectivity index (χ4n) is 4.39. The quantitative estimate of drug-likeness (QED) is 0.180. The number of unbranched alkanes of at least 4 members (excludes halogenated alkanes) is 1. The van der Waals surface area contributed by atoms with Crippen LogP contribution in [0.4, 0.5) is 4.39 Å². The van der Waals surface area contributed by atoms with Crippen LogP contribution in [0, 0.1) is 11.8 Å². The van der Waals surface area contributed by atoms with Crippen molar-refractivity contribution in [3.63, 3.8) is 0 Å². The molecule has 0 bridgehead atoms. The molecule has 7 heteroatoms. The first-order valence-electron chi connectivity index (χ1n) is 13.4. The van der Waals surface area contributed by atoms with E-state index >= 15 is 0 Å². The number of nitrogens with zero attached hydrogens (tertiary/aromatic N) is 2. The number of Topliss-reactive ketones (excluding diaryl/α,β-unsaturated/α-hetero) is 1. The summed E-state index contributed by atoms with van der Waals surface area (Å²) in [5, 5.41) is 0. The molecule has 38 heavy (non-hydrogen) atoms. The molecule has 2 N–H and O–H groups in total. The van der Waals surface area contributed by atoms with Crippen LogP contribution in [-0.2, 0) is 14.4 Å². The largest absolute Gasteiger partial charge is 0.300 e. The van der Waals surface area contributed by atoms with Gasteiger partial charge in [0.05, 0.1) is 12.5 Å². The molecule has 0 saturated carbocycles. The van der Waals surface area contributed by atoms with E-state index in [2.05, 4.69) is 13.0 Å². The first kappa shape index (κ1) is 31.1. The van der Waals surface area contributed by atoms with Crippen molar-refractivity contribution in [2.75, 3.05) is 13.1 Å². The standard InChI is InChI=1S/C31H42FN3O3/c1-5-28(32)15-11-21-35-29(16-10-9-12-25(4)36)34-20-19-26(18-17-23(2)31(35)37)22-24(3)30(38-33)27-13-7-6-8-14-27/h5-8,11,13-15,17-19,23-24,30H,9-10,12,16,20-22,33H2,1-4H3/b15-11-,18-17-,26-19+,28-5+,34-29?/t23?,24-,30?/m1/s1. The molecule has 0 saturated heterocycles. The van der Waals surface area contributed by atoms with E-state index in [1.165, 1.54) is 12.2 Å². The Morgan fingerprint density at radius 3 is 2.68 bits per heavy atom. The van der Waals surface area contributed by atoms with Crippen LogP contribution >= 0.6 is 0 Å². The predicted octanol–water partition coefficient (Wildman–Crippen LogP) is 6.58. The smallest absolute Gasteiger partial charge is 0.234 e. The summed E-state index contributed by atoms with van der Waals surface area (Å²) >= 11 is 0. The Morgan fingerprint density at radius 2 is 2.03 bits per heavy atom. The highest BCUT2D eigenvalue weighted by Crippen LogP contribution is 2.30. The Balaban J connectivity index is 2.29. The number of ketones is 1. The monoisotopic (exact) mass is 523 g/mol. The molecule has 3 atom stereocenters. The summed E-state index contributed by atoms with van der Waals surface area (Å²) in [6.45, 7) is 7.78. The van der Waals surface area contributed by atoms with Crippen LogP contribution in [-0.4, -0.2) is 35.5 Å². The number of amides is 1. The molecular weight excluding hydrogens is 481 g/mol. The number of carbonyl (C=O) groups excluding carboxylic acids is 2. The first-order valence-corrected chi connectivity index (χ1v) is 13.4. The number of amidine groups is 1. The number of halogens is 1. The molecular formula is C31H42FN3O3. The van der Waals surface area contributed by atoms with Gasteiger partial charge in [-0.05, 0) is 50.7 Å². The van der Waals surface area contributed by atoms with Gasteiger partial charge < -0.3 is 4.79 Å². The summed E-state index contributed by atoms with van der Waals surface area (Å²) in [5.41, 5.74) is 2.07. The van der Waals surface area contributed by atoms with E-state index in [4.69, 9.17) is 15.7 Å². The van der Waals surface area contributed by atoms with Crippen LogP contribution < -0.4 is 5.90 Å². The molecule has 0 radical (unpaired) electrons. The van der Waals surface area contributed by atoms with Gasteiger partial charge in [0.15, 0.2) is 0 Å². The zero-order valence-electron chi connectivity index (χ0n) is 23.1. The predicted molar refractivity (Wildman–Crippen MR) is 152 cm³/mol. The number of hydrogen-bond donors (Lipinski definition) is 1. The van der Waals surface area contributed by atoms with Crippen molar-refractivity contribution in [1.29, 1.82) is 0 Å². The number of hydrogen-bond acceptors (Lipinski definition) is 5. The lowest BCUT2D eigenvalue weighted by molar-refractivity contribution is -0.129. The molecule has 1 amide bonds. The highest BCUT2D eigenvalue weighted by atomic mass is 19.1. The zero-order chi connectivity index (χ0) is 27.9. The van der Waals surface area contributed by atoms with E-state index in [9.17, 15) is 14.0 Å². The average molecular weight is 524 g/mol. The Labute approximate surface area is 226 Å². The summed E-state index contributed by atoms with van der Waals surface area (Å²) in [6.07, 6.45) is 13.3. The Morgan fingerprint density at radius 1 is 1.29 bits per heavy atom. The fraction of sp³-hybridized carbons (Fsp3) is 0.452. The van der Waals surface area contributed by atoms with Gasteiger partial charge in [-0.2, -0.15) is 0 Å². The Bertz CT molecular complexity index is 1060. The van der Waals surface area contributed by atoms with Crippen molar-refractivity contribution in [1.82, 2.24) is 4.90 Å². The maximum absolute atomic E-state index is 13.7. The number of nitrogens with two attached hydrogens (primary N) is 1. The molecule has 1 aromatic rings. The topological polar surface area (TPSA) is 85.0 Å². The van der Waals surface area contributed by atoms with Crippen molar-refractivity contribution >= 4 is 17.5 Å². The second kappa shape index (κ2) is 16.6. The summed E-state index contributed by atoms with van der Waals surface area (Å²) in [6, 6.07) is 9.88. The minimum absolute atomic E-state index is 0.0884. The molecule has 6 nitrogen and oxygen atoms in total. The van der Waals surface area contributed by atoms with E-state index in [-0.39, 0.29) is 36.1 Å². The molecule has 1 aliphatic heterocycles. The fourth-order valence-corrected chi connectivity index (χ4v) is 4.39. The lowest BCUT2D eigenvalue weighted by Crippen LogP contribution is -2.40. The molecule has 0 fully saturated rings. The van der Waals surface area contributed by atoms with Gasteiger partial charge in [0.2, 0.25) is 5.91 Å². The van der Waals surface area contributed by atoms with Gasteiger partial charge in [-0.1, -0.05) is 80.1 Å². The van der Waals surface area contributed by atoms with Crippen LogP contribution in [0.5, 0.6) is 0 Å². The van der Waals surface area contributed by atoms with Gasteiger partial charge in [-0.3, -0.25) is 19.5 Å². The molecule has 1 aliphatic rings. The van der Waals surface area contributed by atoms with Crippen molar-refractivity contribution in [3.8, 4) is 0 Å². The number of rotatable bonds is 13. The highest BCUT2D eigenvalue weighted by Gasteiger charge is 2.24. The number of carbonyl (C=O) groups is 2. The highest BCUT2D eigenvalue weighted by molar-refractivity contribution is 6.00. The molecule has 2 unspecified atom stereocenters. The van der Waals surface area contributed by atoms with Crippen molar-refractivity contribution in [2.45, 2.75) is 65.9 Å². The van der Waals surface area contributed by atoms with E-state index in [0.29, 0.717) is 31.6 Å². The van der Waals surface area contributed by atoms with Crippen molar-refractivity contribution < 1.29 is 18.8 Å². The molecule has 206 valence electrons. The molecule has 0 aliphatic carbocycles. The van der Waals surface area contributed by atoms with Crippen molar-refractivity contribution in [3.05, 3.63) is 83.8 Å². The third-order valence-corrected chi connectivity index (χ3v) is 6.56. The van der Waals surface area contributed by atoms with Gasteiger partial charge in [0.1, 0.15) is 23.5 Å². The molecule has 2 rings (SSSR count). The second-order valence-corrected chi connectivity index (χ2v) is 9.77. The average Bonchev–Trinajstić information content (AvgIpc) is 2.90. The molecule has 0 spiro atoms. The lowest BCUT2D eigenvalue weighted by Gasteiger charge is -2.26. The molecule has 1 aromatic carbocycles. The third-order valence-electron chi connectivity index (χ3n) is 6.56. The summed E-state index contributed by atoms with van der Waals surface area (Å²) < 4.78 is 13.7. The summed E-state index contributed by atoms with van der Waals surface area (Å²) in [4.78, 5) is 36.6. The van der Waals surface area contributed by atoms with Crippen molar-refractivity contribution in [2.24, 2.45) is 22.7 Å². The van der Waals surface area contributed by atoms with Gasteiger partial charge >= 0.3 is 0 Å². The van der Waals surface area contributed by atoms with Crippen LogP contribution in [0.2, 0.25) is 0 Å². The van der Waals surface area contributed by atoms with Gasteiger partial charge in [0, 0.05) is 19.4 Å². The minimum atomic E-state index is -0.398. The molecule has 1 heterocycles. The van der Waals surface area contributed by atoms with Gasteiger partial charge in [-0.25, -0.2) is 10.3 Å². The zero-order valence-corrected chi connectivity index (χ0v) is 23.1. The minimum Gasteiger partial charge on any atom is -0.300 e. The van der Waals surface area contributed by atoms with Gasteiger partial charge in [0.25, 0.3) is 0 Å². The van der Waals surface area contributed by atoms with Gasteiger partial charge in [-0.15, -0.1) is 0 Å². The van der Waals surface area contributed by atoms with E-state index < -0.39 is 5.92 Å². The summed E-state index contributed by atoms with van der Waals surface area (Å²) in [7, 11) is 0. The number of allylic oxidation sites excluding steroid dienone is 5. The molecule has 0 aromatic heterocycles. The first-order chi connectivity index (χ1) is 18.3. The van der Waals surface area contributed by atoms with E-state index in [1.807, 2.05) is 49.4 Å². The Kier molecular flexibility index (Phi) is 13.6.